The molecule has 1 N–H and O–H groups in total. The molecular weight excluding hydrogens is 324 g/mol. The van der Waals surface area contributed by atoms with Gasteiger partial charge >= 0.3 is 5.97 Å². The maximum atomic E-state index is 11.6. The van der Waals surface area contributed by atoms with Crippen LogP contribution in [0.4, 0.5) is 0 Å². The lowest BCUT2D eigenvalue weighted by atomic mass is 10.1. The van der Waals surface area contributed by atoms with Crippen LogP contribution in [0.2, 0.25) is 0 Å². The average Bonchev–Trinajstić information content (AvgIpc) is 2.45. The molecule has 0 saturated carbocycles. The average molecular weight is 341 g/mol. The summed E-state index contributed by atoms with van der Waals surface area (Å²) in [6.07, 6.45) is 0. The molecule has 0 aliphatic carbocycles. The van der Waals surface area contributed by atoms with Gasteiger partial charge in [-0.25, -0.2) is 4.79 Å². The molecule has 1 atom stereocenters. The molecule has 108 valence electrons. The molecule has 1 fully saturated rings. The summed E-state index contributed by atoms with van der Waals surface area (Å²) in [4.78, 5) is 25.2. The second-order valence-corrected chi connectivity index (χ2v) is 5.59. The molecule has 2 rings (SSSR count). The van der Waals surface area contributed by atoms with E-state index in [2.05, 4.69) is 30.9 Å². The van der Waals surface area contributed by atoms with Gasteiger partial charge in [-0.05, 0) is 24.6 Å². The van der Waals surface area contributed by atoms with Crippen LogP contribution in [-0.2, 0) is 16.1 Å². The molecule has 0 aromatic heterocycles. The zero-order valence-corrected chi connectivity index (χ0v) is 13.1. The van der Waals surface area contributed by atoms with E-state index in [9.17, 15) is 9.59 Å². The Hall–Kier alpha value is -1.40. The molecule has 1 aromatic rings. The predicted molar refractivity (Wildman–Crippen MR) is 78.4 cm³/mol. The maximum absolute atomic E-state index is 11.6. The molecular formula is C14H17BrN2O3. The zero-order chi connectivity index (χ0) is 14.7. The van der Waals surface area contributed by atoms with Crippen LogP contribution < -0.4 is 5.32 Å². The molecule has 1 aromatic carbocycles. The molecule has 0 radical (unpaired) electrons. The quantitative estimate of drug-likeness (QED) is 0.848. The van der Waals surface area contributed by atoms with Crippen LogP contribution in [0, 0.1) is 0 Å². The summed E-state index contributed by atoms with van der Waals surface area (Å²) in [7, 11) is 1.36. The topological polar surface area (TPSA) is 58.6 Å². The van der Waals surface area contributed by atoms with Crippen molar-refractivity contribution in [2.24, 2.45) is 0 Å². The zero-order valence-electron chi connectivity index (χ0n) is 11.5. The molecule has 6 heteroatoms. The molecule has 5 nitrogen and oxygen atoms in total. The van der Waals surface area contributed by atoms with Crippen LogP contribution >= 0.6 is 15.9 Å². The first-order valence-corrected chi connectivity index (χ1v) is 7.20. The Kier molecular flexibility index (Phi) is 4.77. The van der Waals surface area contributed by atoms with Gasteiger partial charge < -0.3 is 10.1 Å². The molecule has 0 spiro atoms. The largest absolute Gasteiger partial charge is 0.465 e. The second kappa shape index (κ2) is 6.37. The number of hydrogen-bond acceptors (Lipinski definition) is 4. The minimum Gasteiger partial charge on any atom is -0.465 e. The number of carbonyl (C=O) groups is 2. The van der Waals surface area contributed by atoms with E-state index in [1.54, 1.807) is 12.1 Å². The van der Waals surface area contributed by atoms with Crippen LogP contribution in [0.15, 0.2) is 22.7 Å². The van der Waals surface area contributed by atoms with Gasteiger partial charge in [0.2, 0.25) is 5.91 Å². The van der Waals surface area contributed by atoms with Crippen molar-refractivity contribution in [2.45, 2.75) is 19.5 Å². The Bertz CT molecular complexity index is 533. The van der Waals surface area contributed by atoms with Crippen LogP contribution in [0.1, 0.15) is 22.8 Å². The summed E-state index contributed by atoms with van der Waals surface area (Å²) < 4.78 is 5.54. The van der Waals surface area contributed by atoms with Crippen LogP contribution in [0.25, 0.3) is 0 Å². The molecule has 1 heterocycles. The van der Waals surface area contributed by atoms with Crippen LogP contribution in [-0.4, -0.2) is 43.0 Å². The monoisotopic (exact) mass is 340 g/mol. The Morgan fingerprint density at radius 3 is 2.95 bits per heavy atom. The first-order chi connectivity index (χ1) is 9.52. The van der Waals surface area contributed by atoms with Crippen molar-refractivity contribution in [1.82, 2.24) is 10.2 Å². The predicted octanol–water partition coefficient (Wildman–Crippen LogP) is 1.56. The molecule has 20 heavy (non-hydrogen) atoms. The Labute approximate surface area is 126 Å². The molecule has 0 bridgehead atoms. The highest BCUT2D eigenvalue weighted by atomic mass is 79.9. The number of nitrogens with one attached hydrogen (secondary N) is 1. The van der Waals surface area contributed by atoms with E-state index in [-0.39, 0.29) is 17.9 Å². The number of amides is 1. The normalized spacial score (nSPS) is 19.6. The van der Waals surface area contributed by atoms with Crippen molar-refractivity contribution < 1.29 is 14.3 Å². The summed E-state index contributed by atoms with van der Waals surface area (Å²) in [6, 6.07) is 5.22. The van der Waals surface area contributed by atoms with E-state index in [1.807, 2.05) is 13.0 Å². The van der Waals surface area contributed by atoms with Crippen molar-refractivity contribution in [3.63, 3.8) is 0 Å². The van der Waals surface area contributed by atoms with Crippen LogP contribution in [0.3, 0.4) is 0 Å². The number of ether oxygens (including phenoxy) is 1. The van der Waals surface area contributed by atoms with Gasteiger partial charge in [-0.1, -0.05) is 22.0 Å². The number of nitrogens with zero attached hydrogens (tertiary/aromatic N) is 1. The van der Waals surface area contributed by atoms with Gasteiger partial charge in [0.25, 0.3) is 0 Å². The highest BCUT2D eigenvalue weighted by Gasteiger charge is 2.25. The van der Waals surface area contributed by atoms with Gasteiger partial charge in [-0.3, -0.25) is 9.69 Å². The molecule has 1 aliphatic heterocycles. The summed E-state index contributed by atoms with van der Waals surface area (Å²) in [5.41, 5.74) is 1.55. The summed E-state index contributed by atoms with van der Waals surface area (Å²) in [6.45, 7) is 4.04. The number of carbonyl (C=O) groups excluding carboxylic acids is 2. The second-order valence-electron chi connectivity index (χ2n) is 4.74. The SMILES string of the molecule is COC(=O)c1ccc(CN2CCNC(=O)C2C)c(Br)c1. The van der Waals surface area contributed by atoms with Gasteiger partial charge in [-0.2, -0.15) is 0 Å². The Balaban J connectivity index is 2.13. The van der Waals surface area contributed by atoms with E-state index >= 15 is 0 Å². The van der Waals surface area contributed by atoms with Crippen molar-refractivity contribution in [2.75, 3.05) is 20.2 Å². The number of benzene rings is 1. The van der Waals surface area contributed by atoms with Crippen LogP contribution in [0.5, 0.6) is 0 Å². The fourth-order valence-electron chi connectivity index (χ4n) is 2.19. The van der Waals surface area contributed by atoms with Gasteiger partial charge in [0.15, 0.2) is 0 Å². The first kappa shape index (κ1) is 15.0. The Morgan fingerprint density at radius 2 is 2.30 bits per heavy atom. The van der Waals surface area contributed by atoms with Gasteiger partial charge in [0, 0.05) is 24.1 Å². The number of esters is 1. The third-order valence-electron chi connectivity index (χ3n) is 3.47. The van der Waals surface area contributed by atoms with E-state index in [0.29, 0.717) is 18.7 Å². The van der Waals surface area contributed by atoms with Gasteiger partial charge in [-0.15, -0.1) is 0 Å². The van der Waals surface area contributed by atoms with E-state index in [4.69, 9.17) is 0 Å². The lowest BCUT2D eigenvalue weighted by molar-refractivity contribution is -0.128. The fourth-order valence-corrected chi connectivity index (χ4v) is 2.69. The number of rotatable bonds is 3. The minimum absolute atomic E-state index is 0.0542. The highest BCUT2D eigenvalue weighted by Crippen LogP contribution is 2.22. The van der Waals surface area contributed by atoms with Crippen molar-refractivity contribution >= 4 is 27.8 Å². The number of piperazine rings is 1. The van der Waals surface area contributed by atoms with Crippen molar-refractivity contribution in [3.05, 3.63) is 33.8 Å². The lowest BCUT2D eigenvalue weighted by Crippen LogP contribution is -2.53. The minimum atomic E-state index is -0.358. The number of halogens is 1. The smallest absolute Gasteiger partial charge is 0.337 e. The number of hydrogen-bond donors (Lipinski definition) is 1. The maximum Gasteiger partial charge on any atom is 0.337 e. The standard InChI is InChI=1S/C14H17BrN2O3/c1-9-13(18)16-5-6-17(9)8-11-4-3-10(7-12(11)15)14(19)20-2/h3-4,7,9H,5-6,8H2,1-2H3,(H,16,18). The fraction of sp³-hybridized carbons (Fsp3) is 0.429. The van der Waals surface area contributed by atoms with E-state index in [0.717, 1.165) is 16.6 Å². The third kappa shape index (κ3) is 3.19. The summed E-state index contributed by atoms with van der Waals surface area (Å²) in [5, 5.41) is 2.84. The van der Waals surface area contributed by atoms with E-state index < -0.39 is 0 Å². The lowest BCUT2D eigenvalue weighted by Gasteiger charge is -2.33. The molecule has 1 unspecified atom stereocenters. The molecule has 1 amide bonds. The first-order valence-electron chi connectivity index (χ1n) is 6.41. The highest BCUT2D eigenvalue weighted by molar-refractivity contribution is 9.10. The summed E-state index contributed by atoms with van der Waals surface area (Å²) >= 11 is 3.47. The van der Waals surface area contributed by atoms with E-state index in [1.165, 1.54) is 7.11 Å². The van der Waals surface area contributed by atoms with Crippen molar-refractivity contribution in [1.29, 1.82) is 0 Å². The molecule has 1 aliphatic rings. The molecule has 1 saturated heterocycles. The van der Waals surface area contributed by atoms with Gasteiger partial charge in [0.1, 0.15) is 0 Å². The van der Waals surface area contributed by atoms with Crippen molar-refractivity contribution in [3.8, 4) is 0 Å². The Morgan fingerprint density at radius 1 is 1.55 bits per heavy atom. The summed E-state index contributed by atoms with van der Waals surface area (Å²) in [5.74, 6) is -0.304. The third-order valence-corrected chi connectivity index (χ3v) is 4.21. The van der Waals surface area contributed by atoms with Gasteiger partial charge in [0.05, 0.1) is 18.7 Å². The number of methoxy groups -OCH3 is 1.